The molecule has 0 bridgehead atoms. The number of halogens is 2. The van der Waals surface area contributed by atoms with Gasteiger partial charge in [0.2, 0.25) is 0 Å². The first-order valence-electron chi connectivity index (χ1n) is 4.01. The van der Waals surface area contributed by atoms with E-state index < -0.39 is 46.0 Å². The zero-order valence-electron chi connectivity index (χ0n) is 8.04. The molecule has 3 N–H and O–H groups in total. The molecule has 0 aliphatic rings. The Hall–Kier alpha value is -0.860. The van der Waals surface area contributed by atoms with Gasteiger partial charge in [0.05, 0.1) is 6.16 Å². The minimum atomic E-state index is -4.92. The van der Waals surface area contributed by atoms with E-state index in [0.29, 0.717) is 6.07 Å². The van der Waals surface area contributed by atoms with Crippen molar-refractivity contribution in [2.45, 2.75) is 11.1 Å². The molecule has 1 rings (SSSR count). The van der Waals surface area contributed by atoms with Crippen molar-refractivity contribution in [1.29, 1.82) is 0 Å². The van der Waals surface area contributed by atoms with Crippen molar-refractivity contribution in [2.75, 3.05) is 0 Å². The van der Waals surface area contributed by atoms with Gasteiger partial charge in [0.15, 0.2) is 0 Å². The molecular weight excluding hydrogens is 281 g/mol. The molecule has 0 saturated carbocycles. The van der Waals surface area contributed by atoms with Gasteiger partial charge in [-0.1, -0.05) is 0 Å². The zero-order valence-corrected chi connectivity index (χ0v) is 9.75. The van der Waals surface area contributed by atoms with Crippen LogP contribution in [0.3, 0.4) is 0 Å². The third-order valence-electron chi connectivity index (χ3n) is 1.76. The Kier molecular flexibility index (Phi) is 3.70. The number of benzene rings is 1. The fourth-order valence-corrected chi connectivity index (χ4v) is 2.39. The Bertz CT molecular complexity index is 593. The molecule has 0 amide bonds. The van der Waals surface area contributed by atoms with Crippen molar-refractivity contribution in [2.24, 2.45) is 0 Å². The fourth-order valence-electron chi connectivity index (χ4n) is 1.11. The van der Waals surface area contributed by atoms with Crippen molar-refractivity contribution >= 4 is 17.7 Å². The Morgan fingerprint density at radius 1 is 1.18 bits per heavy atom. The minimum absolute atomic E-state index is 0.133. The quantitative estimate of drug-likeness (QED) is 0.562. The summed E-state index contributed by atoms with van der Waals surface area (Å²) in [5.41, 5.74) is -0.702. The van der Waals surface area contributed by atoms with Gasteiger partial charge in [-0.15, -0.1) is 0 Å². The van der Waals surface area contributed by atoms with Crippen LogP contribution in [-0.2, 0) is 20.8 Å². The van der Waals surface area contributed by atoms with Gasteiger partial charge in [0.1, 0.15) is 16.5 Å². The van der Waals surface area contributed by atoms with Crippen LogP contribution in [-0.4, -0.2) is 22.8 Å². The Balaban J connectivity index is 3.40. The maximum atomic E-state index is 13.1. The summed E-state index contributed by atoms with van der Waals surface area (Å²) in [6, 6.07) is 0.479. The van der Waals surface area contributed by atoms with E-state index in [1.165, 1.54) is 0 Å². The first-order chi connectivity index (χ1) is 7.50. The summed E-state index contributed by atoms with van der Waals surface area (Å²) in [4.78, 5) is 16.0. The lowest BCUT2D eigenvalue weighted by molar-refractivity contribution is 0.370. The first kappa shape index (κ1) is 14.2. The zero-order chi connectivity index (χ0) is 13.4. The highest BCUT2D eigenvalue weighted by Gasteiger charge is 2.23. The van der Waals surface area contributed by atoms with Crippen LogP contribution in [0.1, 0.15) is 5.56 Å². The van der Waals surface area contributed by atoms with E-state index in [2.05, 4.69) is 0 Å². The lowest BCUT2D eigenvalue weighted by atomic mass is 10.2. The molecule has 0 radical (unpaired) electrons. The van der Waals surface area contributed by atoms with Crippen LogP contribution in [0.25, 0.3) is 0 Å². The Morgan fingerprint density at radius 2 is 1.71 bits per heavy atom. The van der Waals surface area contributed by atoms with E-state index in [9.17, 15) is 21.8 Å². The van der Waals surface area contributed by atoms with E-state index in [1.807, 2.05) is 0 Å². The molecule has 0 aliphatic carbocycles. The van der Waals surface area contributed by atoms with Crippen molar-refractivity contribution in [3.8, 4) is 0 Å². The van der Waals surface area contributed by atoms with Crippen LogP contribution in [0.5, 0.6) is 0 Å². The average Bonchev–Trinajstić information content (AvgIpc) is 2.05. The molecule has 0 heterocycles. The van der Waals surface area contributed by atoms with Crippen molar-refractivity contribution in [1.82, 2.24) is 0 Å². The molecule has 0 spiro atoms. The van der Waals surface area contributed by atoms with Gasteiger partial charge in [-0.3, -0.25) is 9.12 Å². The molecule has 0 fully saturated rings. The fraction of sp³-hybridized carbons (Fsp3) is 0.143. The highest BCUT2D eigenvalue weighted by atomic mass is 32.2. The van der Waals surface area contributed by atoms with Gasteiger partial charge in [0.25, 0.3) is 10.1 Å². The summed E-state index contributed by atoms with van der Waals surface area (Å²) in [6.07, 6.45) is -1.10. The van der Waals surface area contributed by atoms with Gasteiger partial charge < -0.3 is 9.79 Å². The van der Waals surface area contributed by atoms with E-state index >= 15 is 0 Å². The number of hydrogen-bond acceptors (Lipinski definition) is 3. The van der Waals surface area contributed by atoms with Gasteiger partial charge in [-0.2, -0.15) is 8.42 Å². The van der Waals surface area contributed by atoms with Gasteiger partial charge in [-0.25, -0.2) is 8.78 Å². The van der Waals surface area contributed by atoms with E-state index in [0.717, 1.165) is 0 Å². The maximum Gasteiger partial charge on any atom is 0.330 e. The van der Waals surface area contributed by atoms with Crippen LogP contribution in [0, 0.1) is 11.6 Å². The van der Waals surface area contributed by atoms with Gasteiger partial charge >= 0.3 is 7.60 Å². The molecule has 0 aromatic heterocycles. The van der Waals surface area contributed by atoms with Gasteiger partial charge in [0, 0.05) is 11.6 Å². The van der Waals surface area contributed by atoms with Crippen LogP contribution in [0.2, 0.25) is 0 Å². The third kappa shape index (κ3) is 3.83. The lowest BCUT2D eigenvalue weighted by Gasteiger charge is -2.07. The standard InChI is InChI=1S/C7H7F2O6PS/c8-5-2-6(9)7(17(13,14)15)1-4(5)3-16(10,11)12/h1-2H,3H2,(H2,10,11,12)(H,13,14,15). The van der Waals surface area contributed by atoms with Crippen molar-refractivity contribution in [3.63, 3.8) is 0 Å². The van der Waals surface area contributed by atoms with E-state index in [4.69, 9.17) is 14.3 Å². The maximum absolute atomic E-state index is 13.1. The van der Waals surface area contributed by atoms with Gasteiger partial charge in [-0.05, 0) is 6.07 Å². The molecule has 0 saturated heterocycles. The molecule has 96 valence electrons. The summed E-state index contributed by atoms with van der Waals surface area (Å²) >= 11 is 0. The average molecular weight is 288 g/mol. The summed E-state index contributed by atoms with van der Waals surface area (Å²) < 4.78 is 66.7. The summed E-state index contributed by atoms with van der Waals surface area (Å²) in [5, 5.41) is 0. The smallest absolute Gasteiger partial charge is 0.324 e. The van der Waals surface area contributed by atoms with Crippen LogP contribution in [0.15, 0.2) is 17.0 Å². The molecule has 0 atom stereocenters. The van der Waals surface area contributed by atoms with Crippen LogP contribution >= 0.6 is 7.60 Å². The topological polar surface area (TPSA) is 112 Å². The highest BCUT2D eigenvalue weighted by Crippen LogP contribution is 2.40. The predicted octanol–water partition coefficient (Wildman–Crippen LogP) is 0.889. The number of hydrogen-bond donors (Lipinski definition) is 3. The summed E-state index contributed by atoms with van der Waals surface area (Å²) in [6.45, 7) is 0. The second kappa shape index (κ2) is 4.43. The van der Waals surface area contributed by atoms with Crippen molar-refractivity contribution < 1.29 is 36.1 Å². The molecule has 1 aromatic carbocycles. The van der Waals surface area contributed by atoms with Crippen LogP contribution in [0.4, 0.5) is 8.78 Å². The monoisotopic (exact) mass is 288 g/mol. The molecule has 0 aliphatic heterocycles. The molecule has 0 unspecified atom stereocenters. The molecule has 1 aromatic rings. The normalized spacial score (nSPS) is 12.8. The second-order valence-corrected chi connectivity index (χ2v) is 6.21. The predicted molar refractivity (Wildman–Crippen MR) is 51.9 cm³/mol. The summed E-state index contributed by atoms with van der Waals surface area (Å²) in [5.74, 6) is -2.85. The third-order valence-corrected chi connectivity index (χ3v) is 3.38. The summed E-state index contributed by atoms with van der Waals surface area (Å²) in [7, 11) is -9.56. The molecule has 17 heavy (non-hydrogen) atoms. The second-order valence-electron chi connectivity index (χ2n) is 3.17. The number of rotatable bonds is 3. The minimum Gasteiger partial charge on any atom is -0.324 e. The Morgan fingerprint density at radius 3 is 2.12 bits per heavy atom. The largest absolute Gasteiger partial charge is 0.330 e. The molecule has 6 nitrogen and oxygen atoms in total. The SMILES string of the molecule is O=P(O)(O)Cc1cc(S(=O)(=O)O)c(F)cc1F. The van der Waals surface area contributed by atoms with E-state index in [-0.39, 0.29) is 6.07 Å². The first-order valence-corrected chi connectivity index (χ1v) is 7.24. The van der Waals surface area contributed by atoms with Crippen LogP contribution < -0.4 is 0 Å². The Labute approximate surface area is 94.8 Å². The lowest BCUT2D eigenvalue weighted by Crippen LogP contribution is -2.05. The van der Waals surface area contributed by atoms with Crippen molar-refractivity contribution in [3.05, 3.63) is 29.3 Å². The highest BCUT2D eigenvalue weighted by molar-refractivity contribution is 7.85. The molecular formula is C7H7F2O6PS. The van der Waals surface area contributed by atoms with E-state index in [1.54, 1.807) is 0 Å². The molecule has 10 heteroatoms.